The molecule has 0 unspecified atom stereocenters. The fourth-order valence-corrected chi connectivity index (χ4v) is 3.39. The van der Waals surface area contributed by atoms with E-state index in [0.717, 1.165) is 25.6 Å². The molecule has 0 radical (unpaired) electrons. The lowest BCUT2D eigenvalue weighted by atomic mass is 10.3. The fraction of sp³-hybridized carbons (Fsp3) is 0.769. The number of nitrogens with one attached hydrogen (secondary N) is 1. The normalized spacial score (nSPS) is 15.2. The summed E-state index contributed by atoms with van der Waals surface area (Å²) in [5.74, 6) is 0. The molecule has 4 heteroatoms. The summed E-state index contributed by atoms with van der Waals surface area (Å²) in [5.41, 5.74) is 1.28. The van der Waals surface area contributed by atoms with Gasteiger partial charge < -0.3 is 10.2 Å². The number of nitrogens with zero attached hydrogens (tertiary/aromatic N) is 2. The molecule has 0 bridgehead atoms. The number of anilines is 1. The standard InChI is InChI=1S/C13H23N3S/c1-4-8-16(10-6-7-10)13-15-11(5-2)12(17-13)9-14-3/h10,14H,4-9H2,1-3H3. The van der Waals surface area contributed by atoms with Gasteiger partial charge in [-0.05, 0) is 32.7 Å². The van der Waals surface area contributed by atoms with Gasteiger partial charge in [0.25, 0.3) is 0 Å². The van der Waals surface area contributed by atoms with Gasteiger partial charge in [0.15, 0.2) is 5.13 Å². The first kappa shape index (κ1) is 12.8. The van der Waals surface area contributed by atoms with E-state index in [-0.39, 0.29) is 0 Å². The number of aromatic nitrogens is 1. The van der Waals surface area contributed by atoms with Crippen molar-refractivity contribution >= 4 is 16.5 Å². The lowest BCUT2D eigenvalue weighted by Gasteiger charge is -2.20. The van der Waals surface area contributed by atoms with Crippen LogP contribution >= 0.6 is 11.3 Å². The second kappa shape index (κ2) is 5.83. The van der Waals surface area contributed by atoms with Crippen LogP contribution in [0.2, 0.25) is 0 Å². The number of hydrogen-bond acceptors (Lipinski definition) is 4. The van der Waals surface area contributed by atoms with Crippen molar-refractivity contribution in [2.75, 3.05) is 18.5 Å². The molecule has 0 spiro atoms. The van der Waals surface area contributed by atoms with Crippen LogP contribution < -0.4 is 10.2 Å². The number of thiazole rings is 1. The average molecular weight is 253 g/mol. The van der Waals surface area contributed by atoms with Crippen LogP contribution in [0.1, 0.15) is 43.7 Å². The third-order valence-corrected chi connectivity index (χ3v) is 4.27. The second-order valence-electron chi connectivity index (χ2n) is 4.67. The predicted octanol–water partition coefficient (Wildman–Crippen LogP) is 2.80. The summed E-state index contributed by atoms with van der Waals surface area (Å²) in [6.45, 7) is 6.54. The summed E-state index contributed by atoms with van der Waals surface area (Å²) < 4.78 is 0. The van der Waals surface area contributed by atoms with Gasteiger partial charge in [-0.1, -0.05) is 13.8 Å². The molecule has 96 valence electrons. The first-order valence-electron chi connectivity index (χ1n) is 6.69. The van der Waals surface area contributed by atoms with E-state index in [4.69, 9.17) is 4.98 Å². The number of aryl methyl sites for hydroxylation is 1. The zero-order valence-corrected chi connectivity index (χ0v) is 11.9. The first-order chi connectivity index (χ1) is 8.30. The molecule has 1 heterocycles. The smallest absolute Gasteiger partial charge is 0.186 e. The van der Waals surface area contributed by atoms with E-state index < -0.39 is 0 Å². The monoisotopic (exact) mass is 253 g/mol. The van der Waals surface area contributed by atoms with Gasteiger partial charge in [-0.2, -0.15) is 0 Å². The molecular formula is C13H23N3S. The second-order valence-corrected chi connectivity index (χ2v) is 5.74. The number of hydrogen-bond donors (Lipinski definition) is 1. The molecule has 0 saturated heterocycles. The lowest BCUT2D eigenvalue weighted by molar-refractivity contribution is 0.756. The number of rotatable bonds is 7. The van der Waals surface area contributed by atoms with Gasteiger partial charge in [0.2, 0.25) is 0 Å². The van der Waals surface area contributed by atoms with Crippen LogP contribution in [0.25, 0.3) is 0 Å². The van der Waals surface area contributed by atoms with Crippen LogP contribution in [0, 0.1) is 0 Å². The van der Waals surface area contributed by atoms with Gasteiger partial charge in [-0.3, -0.25) is 0 Å². The molecule has 3 nitrogen and oxygen atoms in total. The zero-order chi connectivity index (χ0) is 12.3. The summed E-state index contributed by atoms with van der Waals surface area (Å²) >= 11 is 1.88. The van der Waals surface area contributed by atoms with Crippen LogP contribution in [-0.2, 0) is 13.0 Å². The third-order valence-electron chi connectivity index (χ3n) is 3.14. The minimum atomic E-state index is 0.772. The minimum Gasteiger partial charge on any atom is -0.345 e. The molecule has 0 amide bonds. The maximum Gasteiger partial charge on any atom is 0.186 e. The van der Waals surface area contributed by atoms with Gasteiger partial charge in [0.05, 0.1) is 5.69 Å². The average Bonchev–Trinajstić information content (AvgIpc) is 3.08. The zero-order valence-electron chi connectivity index (χ0n) is 11.1. The van der Waals surface area contributed by atoms with Crippen molar-refractivity contribution in [3.05, 3.63) is 10.6 Å². The Morgan fingerprint density at radius 2 is 2.18 bits per heavy atom. The SMILES string of the molecule is CCCN(c1nc(CC)c(CNC)s1)C1CC1. The Kier molecular flexibility index (Phi) is 4.40. The molecule has 0 aromatic carbocycles. The van der Waals surface area contributed by atoms with Crippen molar-refractivity contribution in [1.82, 2.24) is 10.3 Å². The van der Waals surface area contributed by atoms with E-state index in [2.05, 4.69) is 24.1 Å². The quantitative estimate of drug-likeness (QED) is 0.810. The first-order valence-corrected chi connectivity index (χ1v) is 7.51. The Bertz CT molecular complexity index is 358. The highest BCUT2D eigenvalue weighted by Crippen LogP contribution is 2.35. The fourth-order valence-electron chi connectivity index (χ4n) is 2.13. The molecule has 17 heavy (non-hydrogen) atoms. The van der Waals surface area contributed by atoms with E-state index >= 15 is 0 Å². The van der Waals surface area contributed by atoms with Crippen molar-refractivity contribution in [3.63, 3.8) is 0 Å². The Hall–Kier alpha value is -0.610. The van der Waals surface area contributed by atoms with Crippen LogP contribution in [0.3, 0.4) is 0 Å². The molecule has 0 atom stereocenters. The van der Waals surface area contributed by atoms with Crippen LogP contribution in [0.15, 0.2) is 0 Å². The molecule has 1 aliphatic rings. The molecule has 2 rings (SSSR count). The molecule has 0 aliphatic heterocycles. The van der Waals surface area contributed by atoms with E-state index in [9.17, 15) is 0 Å². The maximum absolute atomic E-state index is 4.83. The predicted molar refractivity (Wildman–Crippen MR) is 74.9 cm³/mol. The van der Waals surface area contributed by atoms with Crippen molar-refractivity contribution < 1.29 is 0 Å². The summed E-state index contributed by atoms with van der Waals surface area (Å²) in [7, 11) is 2.00. The molecule has 1 saturated carbocycles. The molecular weight excluding hydrogens is 230 g/mol. The van der Waals surface area contributed by atoms with E-state index in [1.807, 2.05) is 18.4 Å². The highest BCUT2D eigenvalue weighted by atomic mass is 32.1. The Balaban J connectivity index is 2.17. The summed E-state index contributed by atoms with van der Waals surface area (Å²) in [6.07, 6.45) is 4.95. The topological polar surface area (TPSA) is 28.2 Å². The molecule has 1 aliphatic carbocycles. The van der Waals surface area contributed by atoms with Gasteiger partial charge >= 0.3 is 0 Å². The van der Waals surface area contributed by atoms with Crippen molar-refractivity contribution in [1.29, 1.82) is 0 Å². The maximum atomic E-state index is 4.83. The summed E-state index contributed by atoms with van der Waals surface area (Å²) in [6, 6.07) is 0.772. The Morgan fingerprint density at radius 3 is 2.71 bits per heavy atom. The van der Waals surface area contributed by atoms with Crippen molar-refractivity contribution in [2.45, 2.75) is 52.1 Å². The van der Waals surface area contributed by atoms with Crippen molar-refractivity contribution in [2.24, 2.45) is 0 Å². The summed E-state index contributed by atoms with van der Waals surface area (Å²) in [4.78, 5) is 8.76. The molecule has 1 N–H and O–H groups in total. The minimum absolute atomic E-state index is 0.772. The molecule has 1 aromatic rings. The molecule has 1 fully saturated rings. The van der Waals surface area contributed by atoms with E-state index in [1.165, 1.54) is 35.0 Å². The van der Waals surface area contributed by atoms with Crippen LogP contribution in [0.5, 0.6) is 0 Å². The largest absolute Gasteiger partial charge is 0.345 e. The van der Waals surface area contributed by atoms with Crippen LogP contribution in [0.4, 0.5) is 5.13 Å². The van der Waals surface area contributed by atoms with Gasteiger partial charge in [-0.15, -0.1) is 11.3 Å². The van der Waals surface area contributed by atoms with E-state index in [1.54, 1.807) is 0 Å². The lowest BCUT2D eigenvalue weighted by Crippen LogP contribution is -2.26. The van der Waals surface area contributed by atoms with E-state index in [0.29, 0.717) is 0 Å². The molecule has 1 aromatic heterocycles. The third kappa shape index (κ3) is 2.99. The Morgan fingerprint density at radius 1 is 1.41 bits per heavy atom. The van der Waals surface area contributed by atoms with Gasteiger partial charge in [0.1, 0.15) is 0 Å². The summed E-state index contributed by atoms with van der Waals surface area (Å²) in [5, 5.41) is 4.49. The highest BCUT2D eigenvalue weighted by molar-refractivity contribution is 7.15. The Labute approximate surface area is 108 Å². The van der Waals surface area contributed by atoms with Crippen molar-refractivity contribution in [3.8, 4) is 0 Å². The van der Waals surface area contributed by atoms with Crippen LogP contribution in [-0.4, -0.2) is 24.6 Å². The highest BCUT2D eigenvalue weighted by Gasteiger charge is 2.30. The van der Waals surface area contributed by atoms with Gasteiger partial charge in [-0.25, -0.2) is 4.98 Å². The van der Waals surface area contributed by atoms with Gasteiger partial charge in [0, 0.05) is 24.0 Å².